The molecule has 4 nitrogen and oxygen atoms in total. The lowest BCUT2D eigenvalue weighted by molar-refractivity contribution is 0.307. The number of hydrogen-bond donors (Lipinski definition) is 1. The van der Waals surface area contributed by atoms with Crippen LogP contribution >= 0.6 is 11.6 Å². The van der Waals surface area contributed by atoms with Gasteiger partial charge in [-0.05, 0) is 18.3 Å². The Bertz CT molecular complexity index is 411. The number of aromatic nitrogens is 1. The van der Waals surface area contributed by atoms with Crippen molar-refractivity contribution in [1.82, 2.24) is 10.3 Å². The van der Waals surface area contributed by atoms with E-state index in [4.69, 9.17) is 21.1 Å². The summed E-state index contributed by atoms with van der Waals surface area (Å²) in [5.41, 5.74) is 1.08. The summed E-state index contributed by atoms with van der Waals surface area (Å²) >= 11 is 5.75. The molecule has 0 unspecified atom stereocenters. The van der Waals surface area contributed by atoms with E-state index in [0.29, 0.717) is 23.9 Å². The van der Waals surface area contributed by atoms with Gasteiger partial charge in [-0.15, -0.1) is 11.6 Å². The number of pyridine rings is 1. The average Bonchev–Trinajstić information content (AvgIpc) is 2.44. The molecule has 0 amide bonds. The molecule has 0 radical (unpaired) electrons. The molecule has 114 valence electrons. The van der Waals surface area contributed by atoms with Crippen LogP contribution in [0, 0.1) is 5.41 Å². The summed E-state index contributed by atoms with van der Waals surface area (Å²) in [4.78, 5) is 4.35. The van der Waals surface area contributed by atoms with Gasteiger partial charge in [0, 0.05) is 31.2 Å². The van der Waals surface area contributed by atoms with Crippen LogP contribution in [0.15, 0.2) is 12.3 Å². The van der Waals surface area contributed by atoms with E-state index in [1.807, 2.05) is 0 Å². The first-order chi connectivity index (χ1) is 9.54. The Morgan fingerprint density at radius 1 is 1.30 bits per heavy atom. The maximum absolute atomic E-state index is 5.75. The molecule has 1 heterocycles. The monoisotopic (exact) mass is 300 g/mol. The van der Waals surface area contributed by atoms with Gasteiger partial charge in [-0.1, -0.05) is 13.8 Å². The molecule has 1 aromatic rings. The highest BCUT2D eigenvalue weighted by molar-refractivity contribution is 6.17. The molecular weight excluding hydrogens is 276 g/mol. The Hall–Kier alpha value is -1.00. The van der Waals surface area contributed by atoms with Gasteiger partial charge >= 0.3 is 0 Å². The lowest BCUT2D eigenvalue weighted by Gasteiger charge is -2.24. The van der Waals surface area contributed by atoms with Crippen LogP contribution in [-0.2, 0) is 6.54 Å². The summed E-state index contributed by atoms with van der Waals surface area (Å²) in [5, 5.41) is 3.44. The van der Waals surface area contributed by atoms with Crippen LogP contribution in [-0.4, -0.2) is 31.6 Å². The maximum atomic E-state index is 5.75. The van der Waals surface area contributed by atoms with E-state index in [1.165, 1.54) is 0 Å². The zero-order chi connectivity index (χ0) is 15.0. The quantitative estimate of drug-likeness (QED) is 0.711. The van der Waals surface area contributed by atoms with Crippen LogP contribution in [0.2, 0.25) is 0 Å². The van der Waals surface area contributed by atoms with E-state index in [2.05, 4.69) is 24.1 Å². The number of alkyl halides is 1. The van der Waals surface area contributed by atoms with E-state index in [-0.39, 0.29) is 5.41 Å². The third kappa shape index (κ3) is 5.17. The van der Waals surface area contributed by atoms with Crippen LogP contribution < -0.4 is 14.8 Å². The van der Waals surface area contributed by atoms with Crippen molar-refractivity contribution in [2.45, 2.75) is 33.2 Å². The van der Waals surface area contributed by atoms with Crippen molar-refractivity contribution in [3.63, 3.8) is 0 Å². The standard InChI is InChI=1S/C15H25ClN2O2/c1-15(2,7-5-8-16)11-17-10-12-14(20-4)13(19-3)6-9-18-12/h6,9,17H,5,7-8,10-11H2,1-4H3. The normalized spacial score (nSPS) is 11.4. The largest absolute Gasteiger partial charge is 0.493 e. The fraction of sp³-hybridized carbons (Fsp3) is 0.667. The van der Waals surface area contributed by atoms with E-state index < -0.39 is 0 Å². The van der Waals surface area contributed by atoms with Gasteiger partial charge in [0.2, 0.25) is 0 Å². The molecular formula is C15H25ClN2O2. The Morgan fingerprint density at radius 3 is 2.65 bits per heavy atom. The molecule has 0 saturated heterocycles. The summed E-state index contributed by atoms with van der Waals surface area (Å²) < 4.78 is 10.6. The lowest BCUT2D eigenvalue weighted by atomic mass is 9.88. The smallest absolute Gasteiger partial charge is 0.183 e. The van der Waals surface area contributed by atoms with Crippen molar-refractivity contribution >= 4 is 11.6 Å². The van der Waals surface area contributed by atoms with Gasteiger partial charge in [0.05, 0.1) is 19.9 Å². The van der Waals surface area contributed by atoms with Crippen LogP contribution in [0.1, 0.15) is 32.4 Å². The minimum absolute atomic E-state index is 0.223. The zero-order valence-corrected chi connectivity index (χ0v) is 13.6. The highest BCUT2D eigenvalue weighted by Crippen LogP contribution is 2.29. The maximum Gasteiger partial charge on any atom is 0.183 e. The third-order valence-corrected chi connectivity index (χ3v) is 3.52. The number of hydrogen-bond acceptors (Lipinski definition) is 4. The summed E-state index contributed by atoms with van der Waals surface area (Å²) in [6, 6.07) is 1.80. The predicted octanol–water partition coefficient (Wildman–Crippen LogP) is 3.23. The first kappa shape index (κ1) is 17.1. The van der Waals surface area contributed by atoms with Crippen molar-refractivity contribution in [2.75, 3.05) is 26.6 Å². The van der Waals surface area contributed by atoms with E-state index >= 15 is 0 Å². The fourth-order valence-corrected chi connectivity index (χ4v) is 2.26. The highest BCUT2D eigenvalue weighted by Gasteiger charge is 2.17. The molecule has 5 heteroatoms. The van der Waals surface area contributed by atoms with Gasteiger partial charge < -0.3 is 14.8 Å². The molecule has 0 aliphatic carbocycles. The first-order valence-corrected chi connectivity index (χ1v) is 7.40. The minimum atomic E-state index is 0.223. The van der Waals surface area contributed by atoms with Gasteiger partial charge in [0.15, 0.2) is 11.5 Å². The first-order valence-electron chi connectivity index (χ1n) is 6.86. The van der Waals surface area contributed by atoms with Crippen molar-refractivity contribution < 1.29 is 9.47 Å². The van der Waals surface area contributed by atoms with Gasteiger partial charge in [0.1, 0.15) is 0 Å². The number of rotatable bonds is 9. The Kier molecular flexibility index (Phi) is 7.10. The molecule has 0 bridgehead atoms. The van der Waals surface area contributed by atoms with Crippen molar-refractivity contribution in [1.29, 1.82) is 0 Å². The lowest BCUT2D eigenvalue weighted by Crippen LogP contribution is -2.29. The molecule has 0 fully saturated rings. The Labute approximate surface area is 126 Å². The molecule has 0 spiro atoms. The molecule has 1 rings (SSSR count). The number of ether oxygens (including phenoxy) is 2. The summed E-state index contributed by atoms with van der Waals surface area (Å²) in [6.45, 7) is 6.04. The van der Waals surface area contributed by atoms with Crippen LogP contribution in [0.3, 0.4) is 0 Å². The van der Waals surface area contributed by atoms with E-state index in [9.17, 15) is 0 Å². The van der Waals surface area contributed by atoms with Crippen LogP contribution in [0.25, 0.3) is 0 Å². The summed E-state index contributed by atoms with van der Waals surface area (Å²) in [6.07, 6.45) is 3.88. The second kappa shape index (κ2) is 8.32. The highest BCUT2D eigenvalue weighted by atomic mass is 35.5. The second-order valence-electron chi connectivity index (χ2n) is 5.55. The zero-order valence-electron chi connectivity index (χ0n) is 12.8. The number of halogens is 1. The SMILES string of the molecule is COc1ccnc(CNCC(C)(C)CCCCl)c1OC. The molecule has 0 aromatic carbocycles. The molecule has 0 aliphatic heterocycles. The van der Waals surface area contributed by atoms with Crippen molar-refractivity contribution in [3.8, 4) is 11.5 Å². The summed E-state index contributed by atoms with van der Waals surface area (Å²) in [7, 11) is 3.26. The van der Waals surface area contributed by atoms with Gasteiger partial charge in [0.25, 0.3) is 0 Å². The second-order valence-corrected chi connectivity index (χ2v) is 5.93. The van der Waals surface area contributed by atoms with Gasteiger partial charge in [-0.25, -0.2) is 0 Å². The molecule has 0 aliphatic rings. The molecule has 0 atom stereocenters. The predicted molar refractivity (Wildman–Crippen MR) is 82.8 cm³/mol. The number of nitrogens with zero attached hydrogens (tertiary/aromatic N) is 1. The molecule has 1 aromatic heterocycles. The van der Waals surface area contributed by atoms with Crippen molar-refractivity contribution in [2.24, 2.45) is 5.41 Å². The van der Waals surface area contributed by atoms with Crippen LogP contribution in [0.5, 0.6) is 11.5 Å². The van der Waals surface area contributed by atoms with Gasteiger partial charge in [-0.2, -0.15) is 0 Å². The van der Waals surface area contributed by atoms with E-state index in [1.54, 1.807) is 26.5 Å². The van der Waals surface area contributed by atoms with Gasteiger partial charge in [-0.3, -0.25) is 4.98 Å². The number of nitrogens with one attached hydrogen (secondary N) is 1. The molecule has 20 heavy (non-hydrogen) atoms. The minimum Gasteiger partial charge on any atom is -0.493 e. The average molecular weight is 301 g/mol. The van der Waals surface area contributed by atoms with Crippen LogP contribution in [0.4, 0.5) is 0 Å². The molecule has 1 N–H and O–H groups in total. The number of methoxy groups -OCH3 is 2. The van der Waals surface area contributed by atoms with Crippen molar-refractivity contribution in [3.05, 3.63) is 18.0 Å². The Morgan fingerprint density at radius 2 is 2.05 bits per heavy atom. The molecule has 0 saturated carbocycles. The fourth-order valence-electron chi connectivity index (χ4n) is 2.13. The third-order valence-electron chi connectivity index (χ3n) is 3.25. The Balaban J connectivity index is 2.57. The van der Waals surface area contributed by atoms with E-state index in [0.717, 1.165) is 25.1 Å². The summed E-state index contributed by atoms with van der Waals surface area (Å²) in [5.74, 6) is 2.12. The topological polar surface area (TPSA) is 43.4 Å².